The molecule has 1 heterocycles. The number of carbonyl (C=O) groups excluding carboxylic acids is 1. The largest absolute Gasteiger partial charge is 0.316 e. The number of rotatable bonds is 0. The number of fused-ring (bicyclic) bond motifs is 1. The zero-order valence-corrected chi connectivity index (χ0v) is 5.39. The van der Waals surface area contributed by atoms with Crippen molar-refractivity contribution < 1.29 is 4.79 Å². The molecule has 2 unspecified atom stereocenters. The van der Waals surface area contributed by atoms with Gasteiger partial charge in [-0.3, -0.25) is 4.79 Å². The van der Waals surface area contributed by atoms with Crippen LogP contribution in [0.15, 0.2) is 0 Å². The van der Waals surface area contributed by atoms with Gasteiger partial charge >= 0.3 is 0 Å². The molecular weight excluding hydrogens is 114 g/mol. The molecule has 0 spiro atoms. The SMILES string of the molecule is O=C1CC2CCNCC12. The quantitative estimate of drug-likeness (QED) is 0.500. The smallest absolute Gasteiger partial charge is 0.137 e. The number of nitrogens with one attached hydrogen (secondary N) is 1. The predicted molar refractivity (Wildman–Crippen MR) is 34.1 cm³/mol. The van der Waals surface area contributed by atoms with E-state index < -0.39 is 0 Å². The molecule has 0 aromatic rings. The summed E-state index contributed by atoms with van der Waals surface area (Å²) in [5, 5.41) is 3.23. The van der Waals surface area contributed by atoms with Crippen molar-refractivity contribution in [3.05, 3.63) is 0 Å². The topological polar surface area (TPSA) is 29.1 Å². The summed E-state index contributed by atoms with van der Waals surface area (Å²) in [6, 6.07) is 0. The van der Waals surface area contributed by atoms with Crippen LogP contribution in [0.3, 0.4) is 0 Å². The minimum Gasteiger partial charge on any atom is -0.316 e. The summed E-state index contributed by atoms with van der Waals surface area (Å²) in [4.78, 5) is 10.8. The van der Waals surface area contributed by atoms with Crippen LogP contribution in [0.1, 0.15) is 12.8 Å². The maximum atomic E-state index is 10.8. The van der Waals surface area contributed by atoms with E-state index in [9.17, 15) is 4.79 Å². The van der Waals surface area contributed by atoms with E-state index in [-0.39, 0.29) is 0 Å². The van der Waals surface area contributed by atoms with E-state index in [1.165, 1.54) is 6.42 Å². The molecular formula is C7H11NO. The fourth-order valence-corrected chi connectivity index (χ4v) is 1.78. The molecule has 0 bridgehead atoms. The monoisotopic (exact) mass is 125 g/mol. The molecule has 2 atom stereocenters. The maximum absolute atomic E-state index is 10.8. The lowest BCUT2D eigenvalue weighted by Crippen LogP contribution is -2.49. The number of carbonyl (C=O) groups is 1. The molecule has 2 fully saturated rings. The molecule has 1 N–H and O–H groups in total. The van der Waals surface area contributed by atoms with E-state index in [4.69, 9.17) is 0 Å². The lowest BCUT2D eigenvalue weighted by molar-refractivity contribution is -0.135. The van der Waals surface area contributed by atoms with Crippen LogP contribution in [0.25, 0.3) is 0 Å². The van der Waals surface area contributed by atoms with Gasteiger partial charge in [0.15, 0.2) is 0 Å². The van der Waals surface area contributed by atoms with Crippen molar-refractivity contribution >= 4 is 5.78 Å². The Bertz CT molecular complexity index is 144. The lowest BCUT2D eigenvalue weighted by Gasteiger charge is -2.38. The Hall–Kier alpha value is -0.370. The van der Waals surface area contributed by atoms with E-state index in [1.54, 1.807) is 0 Å². The van der Waals surface area contributed by atoms with Crippen LogP contribution in [0.4, 0.5) is 0 Å². The molecule has 0 aromatic heterocycles. The zero-order valence-electron chi connectivity index (χ0n) is 5.39. The van der Waals surface area contributed by atoms with Crippen molar-refractivity contribution in [2.24, 2.45) is 11.8 Å². The summed E-state index contributed by atoms with van der Waals surface area (Å²) in [5.41, 5.74) is 0. The molecule has 2 heteroatoms. The molecule has 9 heavy (non-hydrogen) atoms. The molecule has 2 aliphatic rings. The third-order valence-corrected chi connectivity index (χ3v) is 2.50. The van der Waals surface area contributed by atoms with Crippen molar-refractivity contribution in [1.29, 1.82) is 0 Å². The van der Waals surface area contributed by atoms with E-state index in [1.807, 2.05) is 0 Å². The molecule has 1 aliphatic carbocycles. The summed E-state index contributed by atoms with van der Waals surface area (Å²) < 4.78 is 0. The summed E-state index contributed by atoms with van der Waals surface area (Å²) in [5.74, 6) is 1.63. The van der Waals surface area contributed by atoms with Crippen LogP contribution in [0, 0.1) is 11.8 Å². The molecule has 1 saturated carbocycles. The Morgan fingerprint density at radius 3 is 3.00 bits per heavy atom. The fraction of sp³-hybridized carbons (Fsp3) is 0.857. The van der Waals surface area contributed by atoms with Gasteiger partial charge in [0.1, 0.15) is 5.78 Å². The predicted octanol–water partition coefficient (Wildman–Crippen LogP) is 0.185. The first-order chi connectivity index (χ1) is 4.38. The lowest BCUT2D eigenvalue weighted by atomic mass is 9.69. The minimum atomic E-state index is 0.402. The van der Waals surface area contributed by atoms with Crippen molar-refractivity contribution in [2.45, 2.75) is 12.8 Å². The maximum Gasteiger partial charge on any atom is 0.137 e. The standard InChI is InChI=1S/C7H11NO/c9-7-3-5-1-2-8-4-6(5)7/h5-6,8H,1-4H2. The number of hydrogen-bond acceptors (Lipinski definition) is 2. The molecule has 1 saturated heterocycles. The number of hydrogen-bond donors (Lipinski definition) is 1. The summed E-state index contributed by atoms with van der Waals surface area (Å²) in [6.45, 7) is 2.07. The normalized spacial score (nSPS) is 41.6. The Labute approximate surface area is 54.6 Å². The summed E-state index contributed by atoms with van der Waals surface area (Å²) in [7, 11) is 0. The highest BCUT2D eigenvalue weighted by atomic mass is 16.1. The Kier molecular flexibility index (Phi) is 1.09. The van der Waals surface area contributed by atoms with E-state index >= 15 is 0 Å². The Balaban J connectivity index is 2.01. The summed E-state index contributed by atoms with van der Waals surface area (Å²) >= 11 is 0. The van der Waals surface area contributed by atoms with Crippen LogP contribution < -0.4 is 5.32 Å². The Morgan fingerprint density at radius 1 is 1.56 bits per heavy atom. The van der Waals surface area contributed by atoms with Gasteiger partial charge in [0.2, 0.25) is 0 Å². The average molecular weight is 125 g/mol. The van der Waals surface area contributed by atoms with Gasteiger partial charge in [-0.05, 0) is 18.9 Å². The molecule has 1 aliphatic heterocycles. The van der Waals surface area contributed by atoms with Crippen molar-refractivity contribution in [3.8, 4) is 0 Å². The van der Waals surface area contributed by atoms with E-state index in [2.05, 4.69) is 5.32 Å². The fourth-order valence-electron chi connectivity index (χ4n) is 1.78. The highest BCUT2D eigenvalue weighted by Crippen LogP contribution is 2.34. The molecule has 2 rings (SSSR count). The highest BCUT2D eigenvalue weighted by Gasteiger charge is 2.40. The number of ketones is 1. The second-order valence-corrected chi connectivity index (χ2v) is 3.03. The number of Topliss-reactive ketones (excluding diaryl/α,β-unsaturated/α-hetero) is 1. The molecule has 0 radical (unpaired) electrons. The molecule has 0 aromatic carbocycles. The van der Waals surface area contributed by atoms with Gasteiger partial charge in [-0.1, -0.05) is 0 Å². The first kappa shape index (κ1) is 5.42. The Morgan fingerprint density at radius 2 is 2.44 bits per heavy atom. The molecule has 50 valence electrons. The van der Waals surface area contributed by atoms with E-state index in [0.29, 0.717) is 11.7 Å². The average Bonchev–Trinajstić information content (AvgIpc) is 1.86. The number of piperidine rings is 1. The third-order valence-electron chi connectivity index (χ3n) is 2.50. The van der Waals surface area contributed by atoms with Crippen LogP contribution in [-0.2, 0) is 4.79 Å². The highest BCUT2D eigenvalue weighted by molar-refractivity contribution is 5.87. The molecule has 0 amide bonds. The second-order valence-electron chi connectivity index (χ2n) is 3.03. The van der Waals surface area contributed by atoms with Gasteiger partial charge in [0.25, 0.3) is 0 Å². The van der Waals surface area contributed by atoms with Gasteiger partial charge in [0.05, 0.1) is 0 Å². The van der Waals surface area contributed by atoms with Crippen molar-refractivity contribution in [3.63, 3.8) is 0 Å². The van der Waals surface area contributed by atoms with Gasteiger partial charge in [0, 0.05) is 18.9 Å². The van der Waals surface area contributed by atoms with Gasteiger partial charge in [-0.2, -0.15) is 0 Å². The third kappa shape index (κ3) is 0.697. The first-order valence-corrected chi connectivity index (χ1v) is 3.61. The minimum absolute atomic E-state index is 0.402. The first-order valence-electron chi connectivity index (χ1n) is 3.61. The van der Waals surface area contributed by atoms with Gasteiger partial charge < -0.3 is 5.32 Å². The van der Waals surface area contributed by atoms with Crippen LogP contribution in [-0.4, -0.2) is 18.9 Å². The van der Waals surface area contributed by atoms with Gasteiger partial charge in [-0.15, -0.1) is 0 Å². The zero-order chi connectivity index (χ0) is 6.27. The van der Waals surface area contributed by atoms with Crippen LogP contribution >= 0.6 is 0 Å². The van der Waals surface area contributed by atoms with Gasteiger partial charge in [-0.25, -0.2) is 0 Å². The van der Waals surface area contributed by atoms with Crippen molar-refractivity contribution in [2.75, 3.05) is 13.1 Å². The van der Waals surface area contributed by atoms with Crippen LogP contribution in [0.5, 0.6) is 0 Å². The molecule has 2 nitrogen and oxygen atoms in total. The van der Waals surface area contributed by atoms with Crippen molar-refractivity contribution in [1.82, 2.24) is 5.32 Å². The van der Waals surface area contributed by atoms with E-state index in [0.717, 1.165) is 25.4 Å². The van der Waals surface area contributed by atoms with Crippen LogP contribution in [0.2, 0.25) is 0 Å². The summed E-state index contributed by atoms with van der Waals surface area (Å²) in [6.07, 6.45) is 2.09. The second kappa shape index (κ2) is 1.81.